The van der Waals surface area contributed by atoms with E-state index in [4.69, 9.17) is 0 Å². The molecule has 0 spiro atoms. The van der Waals surface area contributed by atoms with Crippen molar-refractivity contribution >= 4 is 12.4 Å². The minimum Gasteiger partial charge on any atom is -0.445 e. The molecule has 1 nitrogen and oxygen atoms in total. The molecule has 0 unspecified atom stereocenters. The maximum Gasteiger partial charge on any atom is 0.511 e. The van der Waals surface area contributed by atoms with Crippen LogP contribution in [-0.4, -0.2) is 12.0 Å². The zero-order valence-corrected chi connectivity index (χ0v) is 6.60. The highest BCUT2D eigenvalue weighted by Gasteiger charge is 2.27. The zero-order chi connectivity index (χ0) is 9.19. The number of aryl methyl sites for hydroxylation is 1. The standard InChI is InChI=1S/C7H8BF3N/c1-2-7-6(8(9,10)11)4-3-5-12-7/h3-5H,2H2,1H3/q-1. The Morgan fingerprint density at radius 1 is 1.42 bits per heavy atom. The van der Waals surface area contributed by atoms with Gasteiger partial charge in [0.1, 0.15) is 0 Å². The van der Waals surface area contributed by atoms with Crippen molar-refractivity contribution in [2.45, 2.75) is 13.3 Å². The molecule has 0 bridgehead atoms. The molecule has 0 saturated heterocycles. The van der Waals surface area contributed by atoms with E-state index in [9.17, 15) is 12.9 Å². The van der Waals surface area contributed by atoms with Gasteiger partial charge in [-0.2, -0.15) is 0 Å². The Balaban J connectivity index is 3.14. The number of halogens is 3. The molecule has 0 aliphatic rings. The fourth-order valence-electron chi connectivity index (χ4n) is 1.04. The fraction of sp³-hybridized carbons (Fsp3) is 0.286. The highest BCUT2D eigenvalue weighted by atomic mass is 19.4. The van der Waals surface area contributed by atoms with E-state index in [2.05, 4.69) is 4.98 Å². The van der Waals surface area contributed by atoms with Crippen LogP contribution >= 0.6 is 0 Å². The molecule has 0 saturated carbocycles. The minimum atomic E-state index is -4.90. The van der Waals surface area contributed by atoms with Crippen LogP contribution in [0.25, 0.3) is 0 Å². The van der Waals surface area contributed by atoms with Gasteiger partial charge in [-0.05, 0) is 12.5 Å². The number of hydrogen-bond acceptors (Lipinski definition) is 1. The molecular weight excluding hydrogens is 166 g/mol. The first kappa shape index (κ1) is 9.10. The van der Waals surface area contributed by atoms with E-state index in [1.165, 1.54) is 12.3 Å². The Bertz CT molecular complexity index is 272. The summed E-state index contributed by atoms with van der Waals surface area (Å²) in [5, 5.41) is 0. The quantitative estimate of drug-likeness (QED) is 0.621. The van der Waals surface area contributed by atoms with Crippen LogP contribution < -0.4 is 5.46 Å². The summed E-state index contributed by atoms with van der Waals surface area (Å²) in [6.07, 6.45) is 1.70. The van der Waals surface area contributed by atoms with Crippen LogP contribution in [0.5, 0.6) is 0 Å². The van der Waals surface area contributed by atoms with Gasteiger partial charge < -0.3 is 12.9 Å². The first-order chi connectivity index (χ1) is 5.55. The molecule has 1 heterocycles. The highest BCUT2D eigenvalue weighted by Crippen LogP contribution is 2.10. The molecule has 0 radical (unpaired) electrons. The second-order valence-electron chi connectivity index (χ2n) is 2.47. The van der Waals surface area contributed by atoms with E-state index in [0.29, 0.717) is 6.42 Å². The first-order valence-corrected chi connectivity index (χ1v) is 3.69. The van der Waals surface area contributed by atoms with Crippen molar-refractivity contribution in [3.63, 3.8) is 0 Å². The van der Waals surface area contributed by atoms with Crippen molar-refractivity contribution < 1.29 is 12.9 Å². The molecular formula is C7H8BF3N-. The van der Waals surface area contributed by atoms with Gasteiger partial charge in [0.25, 0.3) is 0 Å². The molecule has 0 aromatic carbocycles. The summed E-state index contributed by atoms with van der Waals surface area (Å²) in [5.41, 5.74) is -0.440. The van der Waals surface area contributed by atoms with Crippen LogP contribution in [0.3, 0.4) is 0 Å². The first-order valence-electron chi connectivity index (χ1n) is 3.69. The maximum atomic E-state index is 12.3. The van der Waals surface area contributed by atoms with E-state index < -0.39 is 12.4 Å². The molecule has 1 aromatic rings. The molecule has 66 valence electrons. The predicted molar refractivity (Wildman–Crippen MR) is 42.3 cm³/mol. The Labute approximate surface area is 68.7 Å². The molecule has 0 atom stereocenters. The van der Waals surface area contributed by atoms with Crippen LogP contribution in [0.2, 0.25) is 0 Å². The summed E-state index contributed by atoms with van der Waals surface area (Å²) in [5.74, 6) is 0. The summed E-state index contributed by atoms with van der Waals surface area (Å²) in [6, 6.07) is 2.38. The molecule has 0 fully saturated rings. The van der Waals surface area contributed by atoms with Gasteiger partial charge in [0.05, 0.1) is 0 Å². The lowest BCUT2D eigenvalue weighted by molar-refractivity contribution is 0.500. The van der Waals surface area contributed by atoms with Crippen LogP contribution in [0.1, 0.15) is 12.6 Å². The van der Waals surface area contributed by atoms with Gasteiger partial charge in [-0.15, -0.1) is 0 Å². The zero-order valence-electron chi connectivity index (χ0n) is 6.60. The van der Waals surface area contributed by atoms with Gasteiger partial charge in [0.15, 0.2) is 0 Å². The highest BCUT2D eigenvalue weighted by molar-refractivity contribution is 6.73. The number of nitrogens with zero attached hydrogens (tertiary/aromatic N) is 1. The summed E-state index contributed by atoms with van der Waals surface area (Å²) >= 11 is 0. The summed E-state index contributed by atoms with van der Waals surface area (Å²) in [7, 11) is 0. The molecule has 12 heavy (non-hydrogen) atoms. The number of aromatic nitrogens is 1. The molecule has 0 amide bonds. The van der Waals surface area contributed by atoms with Gasteiger partial charge >= 0.3 is 6.98 Å². The lowest BCUT2D eigenvalue weighted by atomic mass is 9.78. The predicted octanol–water partition coefficient (Wildman–Crippen LogP) is 1.70. The SMILES string of the molecule is CCc1ncccc1[B-](F)(F)F. The second-order valence-corrected chi connectivity index (χ2v) is 2.47. The topological polar surface area (TPSA) is 12.9 Å². The molecule has 5 heteroatoms. The van der Waals surface area contributed by atoms with E-state index in [0.717, 1.165) is 6.07 Å². The molecule has 1 rings (SSSR count). The van der Waals surface area contributed by atoms with Gasteiger partial charge in [-0.3, -0.25) is 4.98 Å². The van der Waals surface area contributed by atoms with Crippen molar-refractivity contribution in [1.82, 2.24) is 4.98 Å². The summed E-state index contributed by atoms with van der Waals surface area (Å²) in [4.78, 5) is 3.66. The van der Waals surface area contributed by atoms with Crippen LogP contribution in [0.15, 0.2) is 18.3 Å². The largest absolute Gasteiger partial charge is 0.511 e. The Hall–Kier alpha value is -0.995. The normalized spacial score (nSPS) is 11.7. The van der Waals surface area contributed by atoms with Crippen LogP contribution in [0, 0.1) is 0 Å². The Morgan fingerprint density at radius 2 is 2.08 bits per heavy atom. The van der Waals surface area contributed by atoms with Crippen molar-refractivity contribution in [3.05, 3.63) is 24.0 Å². The van der Waals surface area contributed by atoms with Crippen LogP contribution in [0.4, 0.5) is 12.9 Å². The third-order valence-corrected chi connectivity index (χ3v) is 1.61. The number of pyridine rings is 1. The number of hydrogen-bond donors (Lipinski definition) is 0. The summed E-state index contributed by atoms with van der Waals surface area (Å²) in [6.45, 7) is -3.24. The van der Waals surface area contributed by atoms with Crippen molar-refractivity contribution in [2.24, 2.45) is 0 Å². The van der Waals surface area contributed by atoms with E-state index in [-0.39, 0.29) is 5.69 Å². The maximum absolute atomic E-state index is 12.3. The van der Waals surface area contributed by atoms with Crippen LogP contribution in [-0.2, 0) is 6.42 Å². The third-order valence-electron chi connectivity index (χ3n) is 1.61. The van der Waals surface area contributed by atoms with Gasteiger partial charge in [-0.1, -0.05) is 18.5 Å². The van der Waals surface area contributed by atoms with E-state index in [1.807, 2.05) is 0 Å². The van der Waals surface area contributed by atoms with Crippen molar-refractivity contribution in [1.29, 1.82) is 0 Å². The lowest BCUT2D eigenvalue weighted by Gasteiger charge is -2.17. The van der Waals surface area contributed by atoms with Gasteiger partial charge in [-0.25, -0.2) is 0 Å². The van der Waals surface area contributed by atoms with Gasteiger partial charge in [0.2, 0.25) is 0 Å². The molecule has 0 aliphatic heterocycles. The molecule has 0 aliphatic carbocycles. The van der Waals surface area contributed by atoms with E-state index >= 15 is 0 Å². The van der Waals surface area contributed by atoms with E-state index in [1.54, 1.807) is 6.92 Å². The van der Waals surface area contributed by atoms with Crippen molar-refractivity contribution in [2.75, 3.05) is 0 Å². The van der Waals surface area contributed by atoms with Gasteiger partial charge in [0, 0.05) is 11.9 Å². The third kappa shape index (κ3) is 1.78. The van der Waals surface area contributed by atoms with Crippen molar-refractivity contribution in [3.8, 4) is 0 Å². The monoisotopic (exact) mass is 174 g/mol. The minimum absolute atomic E-state index is 0.130. The average Bonchev–Trinajstić information content (AvgIpc) is 2.03. The molecule has 0 N–H and O–H groups in total. The lowest BCUT2D eigenvalue weighted by Crippen LogP contribution is -2.37. The second kappa shape index (κ2) is 3.17. The Morgan fingerprint density at radius 3 is 2.50 bits per heavy atom. The summed E-state index contributed by atoms with van der Waals surface area (Å²) < 4.78 is 36.8. The average molecular weight is 174 g/mol. The molecule has 1 aromatic heterocycles. The Kier molecular flexibility index (Phi) is 2.40. The fourth-order valence-corrected chi connectivity index (χ4v) is 1.04. The smallest absolute Gasteiger partial charge is 0.445 e. The number of rotatable bonds is 2.